The van der Waals surface area contributed by atoms with Gasteiger partial charge in [-0.1, -0.05) is 39.0 Å². The average Bonchev–Trinajstić information content (AvgIpc) is 2.66. The predicted octanol–water partition coefficient (Wildman–Crippen LogP) is 4.65. The average molecular weight is 436 g/mol. The lowest BCUT2D eigenvalue weighted by molar-refractivity contribution is -0.148. The van der Waals surface area contributed by atoms with Crippen LogP contribution in [-0.2, 0) is 14.1 Å². The van der Waals surface area contributed by atoms with Crippen LogP contribution in [0.4, 0.5) is 5.69 Å². The quantitative estimate of drug-likeness (QED) is 0.333. The van der Waals surface area contributed by atoms with Crippen LogP contribution in [0.25, 0.3) is 0 Å². The van der Waals surface area contributed by atoms with Gasteiger partial charge in [0.1, 0.15) is 17.5 Å². The number of rotatable bonds is 9. The van der Waals surface area contributed by atoms with E-state index < -0.39 is 19.8 Å². The number of anilines is 1. The number of nitrogens with one attached hydrogen (secondary N) is 1. The molecule has 2 rings (SSSR count). The summed E-state index contributed by atoms with van der Waals surface area (Å²) in [4.78, 5) is 12.3. The fourth-order valence-electron chi connectivity index (χ4n) is 2.26. The Bertz CT molecular complexity index is 865. The van der Waals surface area contributed by atoms with E-state index in [1.807, 2.05) is 20.8 Å². The van der Waals surface area contributed by atoms with Gasteiger partial charge in [0.05, 0.1) is 12.3 Å². The summed E-state index contributed by atoms with van der Waals surface area (Å²) in [6.45, 7) is 7.58. The van der Waals surface area contributed by atoms with Crippen molar-refractivity contribution in [2.24, 2.45) is 5.41 Å². The van der Waals surface area contributed by atoms with Crippen molar-refractivity contribution in [1.29, 1.82) is 0 Å². The van der Waals surface area contributed by atoms with Gasteiger partial charge in [-0.15, -0.1) is 0 Å². The number of benzene rings is 2. The third kappa shape index (κ3) is 7.71. The molecule has 0 aromatic heterocycles. The van der Waals surface area contributed by atoms with E-state index in [0.29, 0.717) is 11.4 Å². The predicted molar refractivity (Wildman–Crippen MR) is 115 cm³/mol. The van der Waals surface area contributed by atoms with Crippen molar-refractivity contribution in [2.75, 3.05) is 18.7 Å². The number of hydroxylamine groups is 1. The van der Waals surface area contributed by atoms with E-state index in [2.05, 4.69) is 5.09 Å². The van der Waals surface area contributed by atoms with Crippen molar-refractivity contribution in [3.63, 3.8) is 0 Å². The highest BCUT2D eigenvalue weighted by Gasteiger charge is 2.34. The van der Waals surface area contributed by atoms with Gasteiger partial charge in [0.25, 0.3) is 0 Å². The number of hydrogen-bond donors (Lipinski definition) is 2. The lowest BCUT2D eigenvalue weighted by Gasteiger charge is -2.24. The Morgan fingerprint density at radius 3 is 2.10 bits per heavy atom. The van der Waals surface area contributed by atoms with Crippen molar-refractivity contribution in [3.8, 4) is 11.5 Å². The zero-order valence-corrected chi connectivity index (χ0v) is 18.8. The molecule has 2 atom stereocenters. The summed E-state index contributed by atoms with van der Waals surface area (Å²) < 4.78 is 30.0. The van der Waals surface area contributed by atoms with Gasteiger partial charge in [0.15, 0.2) is 0 Å². The Morgan fingerprint density at radius 1 is 1.07 bits per heavy atom. The van der Waals surface area contributed by atoms with Crippen molar-refractivity contribution in [3.05, 3.63) is 54.6 Å². The summed E-state index contributed by atoms with van der Waals surface area (Å²) >= 11 is 0. The molecular formula is C21H29N2O6P. The van der Waals surface area contributed by atoms with E-state index in [1.165, 1.54) is 26.1 Å². The molecule has 0 amide bonds. The Hall–Kier alpha value is -2.54. The molecule has 0 heterocycles. The van der Waals surface area contributed by atoms with E-state index >= 15 is 0 Å². The third-order valence-electron chi connectivity index (χ3n) is 3.76. The highest BCUT2D eigenvalue weighted by atomic mass is 31.2. The van der Waals surface area contributed by atoms with Crippen LogP contribution in [0.1, 0.15) is 27.7 Å². The molecule has 2 aromatic rings. The van der Waals surface area contributed by atoms with Gasteiger partial charge < -0.3 is 13.8 Å². The topological polar surface area (TPSA) is 97.3 Å². The van der Waals surface area contributed by atoms with Gasteiger partial charge in [-0.3, -0.25) is 15.1 Å². The number of carbonyl (C=O) groups excluding carboxylic acids is 1. The summed E-state index contributed by atoms with van der Waals surface area (Å²) in [7, 11) is -2.53. The van der Waals surface area contributed by atoms with E-state index in [0.717, 1.165) is 5.06 Å². The van der Waals surface area contributed by atoms with Crippen LogP contribution in [0.3, 0.4) is 0 Å². The number of para-hydroxylation sites is 1. The maximum Gasteiger partial charge on any atom is 0.513 e. The second-order valence-corrected chi connectivity index (χ2v) is 9.65. The number of carbonyl (C=O) groups is 1. The number of hydrogen-bond acceptors (Lipinski definition) is 7. The van der Waals surface area contributed by atoms with Gasteiger partial charge in [-0.05, 0) is 48.7 Å². The molecule has 0 fully saturated rings. The third-order valence-corrected chi connectivity index (χ3v) is 5.36. The molecule has 0 saturated carbocycles. The minimum absolute atomic E-state index is 0.197. The first-order valence-electron chi connectivity index (χ1n) is 9.49. The van der Waals surface area contributed by atoms with Crippen LogP contribution in [0, 0.1) is 5.41 Å². The van der Waals surface area contributed by atoms with E-state index in [1.54, 1.807) is 42.5 Å². The molecule has 0 aliphatic carbocycles. The zero-order chi connectivity index (χ0) is 22.4. The lowest BCUT2D eigenvalue weighted by atomic mass is 9.99. The molecule has 8 nitrogen and oxygen atoms in total. The van der Waals surface area contributed by atoms with Crippen LogP contribution in [0.15, 0.2) is 54.6 Å². The first-order chi connectivity index (χ1) is 14.0. The van der Waals surface area contributed by atoms with E-state index in [9.17, 15) is 14.6 Å². The molecule has 164 valence electrons. The van der Waals surface area contributed by atoms with E-state index in [-0.39, 0.29) is 17.8 Å². The second kappa shape index (κ2) is 9.98. The largest absolute Gasteiger partial charge is 0.513 e. The molecule has 0 spiro atoms. The highest BCUT2D eigenvalue weighted by molar-refractivity contribution is 7.52. The van der Waals surface area contributed by atoms with Crippen LogP contribution < -0.4 is 19.2 Å². The monoisotopic (exact) mass is 436 g/mol. The minimum atomic E-state index is -4.00. The van der Waals surface area contributed by atoms with Crippen LogP contribution in [0.2, 0.25) is 0 Å². The molecule has 0 unspecified atom stereocenters. The Kier molecular flexibility index (Phi) is 7.89. The molecule has 2 N–H and O–H groups in total. The SMILES string of the molecule is C[C@H](N[P@@](=O)(Oc1ccccc1)Oc1ccc(N(C)O)cc1)C(=O)OCC(C)(C)C. The highest BCUT2D eigenvalue weighted by Crippen LogP contribution is 2.45. The van der Waals surface area contributed by atoms with E-state index in [4.69, 9.17) is 13.8 Å². The first kappa shape index (κ1) is 23.7. The molecule has 0 saturated heterocycles. The second-order valence-electron chi connectivity index (χ2n) is 8.03. The van der Waals surface area contributed by atoms with Gasteiger partial charge in [0.2, 0.25) is 0 Å². The summed E-state index contributed by atoms with van der Waals surface area (Å²) in [5.41, 5.74) is 0.325. The first-order valence-corrected chi connectivity index (χ1v) is 11.0. The van der Waals surface area contributed by atoms with Crippen molar-refractivity contribution in [1.82, 2.24) is 5.09 Å². The molecule has 0 radical (unpaired) electrons. The maximum absolute atomic E-state index is 13.5. The molecule has 2 aromatic carbocycles. The van der Waals surface area contributed by atoms with Crippen LogP contribution >= 0.6 is 7.75 Å². The van der Waals surface area contributed by atoms with Gasteiger partial charge >= 0.3 is 13.7 Å². The summed E-state index contributed by atoms with van der Waals surface area (Å²) in [6, 6.07) is 13.8. The minimum Gasteiger partial charge on any atom is -0.464 e. The smallest absolute Gasteiger partial charge is 0.464 e. The molecule has 0 aliphatic rings. The Labute approximate surface area is 177 Å². The van der Waals surface area contributed by atoms with Gasteiger partial charge in [-0.25, -0.2) is 4.57 Å². The molecule has 9 heteroatoms. The normalized spacial score (nSPS) is 14.3. The standard InChI is InChI=1S/C21H29N2O6P/c1-16(20(24)27-15-21(2,3)4)22-30(26,28-18-9-7-6-8-10-18)29-19-13-11-17(12-14-19)23(5)25/h6-14,16,25H,15H2,1-5H3,(H,22,26)/t16-,30+/m0/s1. The van der Waals surface area contributed by atoms with Gasteiger partial charge in [0, 0.05) is 7.05 Å². The summed E-state index contributed by atoms with van der Waals surface area (Å²) in [5.74, 6) is -0.0133. The molecule has 0 bridgehead atoms. The van der Waals surface area contributed by atoms with Crippen molar-refractivity contribution >= 4 is 19.4 Å². The van der Waals surface area contributed by atoms with Crippen LogP contribution in [-0.4, -0.2) is 30.9 Å². The molecular weight excluding hydrogens is 407 g/mol. The number of esters is 1. The summed E-state index contributed by atoms with van der Waals surface area (Å²) in [6.07, 6.45) is 0. The fraction of sp³-hybridized carbons (Fsp3) is 0.381. The summed E-state index contributed by atoms with van der Waals surface area (Å²) in [5, 5.41) is 13.1. The lowest BCUT2D eigenvalue weighted by Crippen LogP contribution is -2.37. The molecule has 0 aliphatic heterocycles. The van der Waals surface area contributed by atoms with Gasteiger partial charge in [-0.2, -0.15) is 5.09 Å². The fourth-order valence-corrected chi connectivity index (χ4v) is 3.78. The number of ether oxygens (including phenoxy) is 1. The van der Waals surface area contributed by atoms with Crippen molar-refractivity contribution < 1.29 is 28.4 Å². The Balaban J connectivity index is 2.18. The zero-order valence-electron chi connectivity index (χ0n) is 17.9. The van der Waals surface area contributed by atoms with Crippen LogP contribution in [0.5, 0.6) is 11.5 Å². The van der Waals surface area contributed by atoms with Crippen molar-refractivity contribution in [2.45, 2.75) is 33.7 Å². The Morgan fingerprint density at radius 2 is 1.60 bits per heavy atom. The maximum atomic E-state index is 13.5. The molecule has 30 heavy (non-hydrogen) atoms. The number of nitrogens with zero attached hydrogens (tertiary/aromatic N) is 1.